The van der Waals surface area contributed by atoms with Crippen LogP contribution in [0.5, 0.6) is 5.75 Å². The van der Waals surface area contributed by atoms with Gasteiger partial charge in [0.1, 0.15) is 11.6 Å². The molecule has 1 aliphatic heterocycles. The zero-order valence-electron chi connectivity index (χ0n) is 20.3. The third-order valence-corrected chi connectivity index (χ3v) is 7.21. The number of ketones is 2. The first-order chi connectivity index (χ1) is 16.8. The molecule has 0 atom stereocenters. The van der Waals surface area contributed by atoms with Crippen molar-refractivity contribution in [2.24, 2.45) is 0 Å². The molecule has 5 rings (SSSR count). The van der Waals surface area contributed by atoms with E-state index in [4.69, 9.17) is 4.74 Å². The molecule has 0 N–H and O–H groups in total. The average Bonchev–Trinajstić information content (AvgIpc) is 3.08. The smallest absolute Gasteiger partial charge is 0.196 e. The third-order valence-electron chi connectivity index (χ3n) is 7.21. The summed E-state index contributed by atoms with van der Waals surface area (Å²) in [5.74, 6) is 0.0380. The maximum absolute atomic E-state index is 14.4. The lowest BCUT2D eigenvalue weighted by molar-refractivity contribution is 0.0277. The average molecular weight is 473 g/mol. The Morgan fingerprint density at radius 3 is 2.03 bits per heavy atom. The van der Waals surface area contributed by atoms with Crippen molar-refractivity contribution in [2.75, 3.05) is 33.3 Å². The van der Waals surface area contributed by atoms with Crippen molar-refractivity contribution >= 4 is 11.6 Å². The zero-order chi connectivity index (χ0) is 24.7. The third kappa shape index (κ3) is 3.87. The highest BCUT2D eigenvalue weighted by Gasteiger charge is 2.58. The van der Waals surface area contributed by atoms with E-state index in [1.165, 1.54) is 6.07 Å². The first kappa shape index (κ1) is 23.4. The monoisotopic (exact) mass is 472 g/mol. The first-order valence-electron chi connectivity index (χ1n) is 11.9. The zero-order valence-corrected chi connectivity index (χ0v) is 20.3. The van der Waals surface area contributed by atoms with Crippen molar-refractivity contribution in [1.82, 2.24) is 9.80 Å². The molecule has 1 fully saturated rings. The Kier molecular flexibility index (Phi) is 6.03. The van der Waals surface area contributed by atoms with Gasteiger partial charge in [-0.2, -0.15) is 0 Å². The number of methoxy groups -OCH3 is 1. The minimum Gasteiger partial charge on any atom is -0.497 e. The van der Waals surface area contributed by atoms with Gasteiger partial charge < -0.3 is 4.74 Å². The van der Waals surface area contributed by atoms with E-state index in [9.17, 15) is 14.0 Å². The number of hydrogen-bond donors (Lipinski definition) is 0. The molecule has 1 saturated heterocycles. The molecule has 0 amide bonds. The molecular formula is C29H29FN2O3. The second kappa shape index (κ2) is 9.02. The number of Topliss-reactive ketones (excluding diaryl/α,β-unsaturated/α-hetero) is 2. The molecular weight excluding hydrogens is 443 g/mol. The highest BCUT2D eigenvalue weighted by molar-refractivity contribution is 6.32. The van der Waals surface area contributed by atoms with E-state index in [1.807, 2.05) is 43.0 Å². The fourth-order valence-electron chi connectivity index (χ4n) is 5.57. The van der Waals surface area contributed by atoms with Gasteiger partial charge in [-0.3, -0.25) is 19.4 Å². The summed E-state index contributed by atoms with van der Waals surface area (Å²) < 4.78 is 19.7. The second-order valence-corrected chi connectivity index (χ2v) is 9.51. The quantitative estimate of drug-likeness (QED) is 0.510. The first-order valence-corrected chi connectivity index (χ1v) is 11.9. The van der Waals surface area contributed by atoms with Crippen molar-refractivity contribution in [3.05, 3.63) is 99.9 Å². The molecule has 35 heavy (non-hydrogen) atoms. The van der Waals surface area contributed by atoms with Crippen molar-refractivity contribution in [1.29, 1.82) is 0 Å². The number of nitrogens with zero attached hydrogens (tertiary/aromatic N) is 2. The van der Waals surface area contributed by atoms with Crippen molar-refractivity contribution < 1.29 is 18.7 Å². The number of hydrogen-bond acceptors (Lipinski definition) is 5. The van der Waals surface area contributed by atoms with Gasteiger partial charge in [0.2, 0.25) is 0 Å². The Morgan fingerprint density at radius 1 is 0.857 bits per heavy atom. The molecule has 0 unspecified atom stereocenters. The Hall–Kier alpha value is -3.35. The maximum Gasteiger partial charge on any atom is 0.196 e. The SMILES string of the molecule is COc1ccc(F)c(CN2CCN(C3(c4cc(C)cc(C)c4)C(=O)c4ccccc4C3=O)CC2)c1. The molecule has 0 spiro atoms. The van der Waals surface area contributed by atoms with Gasteiger partial charge in [0.25, 0.3) is 0 Å². The summed E-state index contributed by atoms with van der Waals surface area (Å²) in [6.45, 7) is 6.67. The molecule has 1 aliphatic carbocycles. The van der Waals surface area contributed by atoms with Crippen LogP contribution < -0.4 is 4.74 Å². The van der Waals surface area contributed by atoms with Gasteiger partial charge in [-0.05, 0) is 37.6 Å². The van der Waals surface area contributed by atoms with E-state index in [0.717, 1.165) is 16.7 Å². The van der Waals surface area contributed by atoms with Crippen LogP contribution in [-0.2, 0) is 12.1 Å². The number of benzene rings is 3. The molecule has 3 aromatic carbocycles. The lowest BCUT2D eigenvalue weighted by Gasteiger charge is -2.44. The standard InChI is InChI=1S/C29H29FN2O3/c1-19-14-20(2)16-22(15-19)29(27(33)24-6-4-5-7-25(24)28(29)34)32-12-10-31(11-13-32)18-21-17-23(35-3)8-9-26(21)30/h4-9,14-17H,10-13,18H2,1-3H3. The van der Waals surface area contributed by atoms with Crippen LogP contribution in [0.4, 0.5) is 4.39 Å². The normalized spacial score (nSPS) is 18.1. The van der Waals surface area contributed by atoms with Crippen LogP contribution in [0, 0.1) is 19.7 Å². The van der Waals surface area contributed by atoms with Gasteiger partial charge in [-0.1, -0.05) is 53.6 Å². The Labute approximate surface area is 205 Å². The number of ether oxygens (including phenoxy) is 1. The molecule has 1 heterocycles. The summed E-state index contributed by atoms with van der Waals surface area (Å²) in [5, 5.41) is 0. The van der Waals surface area contributed by atoms with Gasteiger partial charge in [-0.25, -0.2) is 4.39 Å². The number of halogens is 1. The second-order valence-electron chi connectivity index (χ2n) is 9.51. The largest absolute Gasteiger partial charge is 0.497 e. The number of rotatable bonds is 5. The summed E-state index contributed by atoms with van der Waals surface area (Å²) in [7, 11) is 1.57. The molecule has 180 valence electrons. The number of aryl methyl sites for hydroxylation is 2. The van der Waals surface area contributed by atoms with Crippen molar-refractivity contribution in [2.45, 2.75) is 25.9 Å². The van der Waals surface area contributed by atoms with E-state index in [1.54, 1.807) is 31.4 Å². The summed E-state index contributed by atoms with van der Waals surface area (Å²) in [6, 6.07) is 17.9. The van der Waals surface area contributed by atoms with E-state index >= 15 is 0 Å². The van der Waals surface area contributed by atoms with Crippen LogP contribution in [-0.4, -0.2) is 54.7 Å². The minimum absolute atomic E-state index is 0.157. The van der Waals surface area contributed by atoms with E-state index < -0.39 is 5.54 Å². The van der Waals surface area contributed by atoms with Crippen LogP contribution in [0.2, 0.25) is 0 Å². The molecule has 0 bridgehead atoms. The summed E-state index contributed by atoms with van der Waals surface area (Å²) in [5.41, 5.74) is 2.94. The van der Waals surface area contributed by atoms with Gasteiger partial charge in [0.05, 0.1) is 7.11 Å². The fourth-order valence-corrected chi connectivity index (χ4v) is 5.57. The van der Waals surface area contributed by atoms with Crippen LogP contribution in [0.1, 0.15) is 43.0 Å². The lowest BCUT2D eigenvalue weighted by Crippen LogP contribution is -2.60. The predicted molar refractivity (Wildman–Crippen MR) is 132 cm³/mol. The van der Waals surface area contributed by atoms with E-state index in [-0.39, 0.29) is 17.4 Å². The van der Waals surface area contributed by atoms with Crippen molar-refractivity contribution in [3.63, 3.8) is 0 Å². The number of carbonyl (C=O) groups excluding carboxylic acids is 2. The number of piperazine rings is 1. The van der Waals surface area contributed by atoms with Gasteiger partial charge in [0.15, 0.2) is 17.1 Å². The predicted octanol–water partition coefficient (Wildman–Crippen LogP) is 4.54. The molecule has 3 aromatic rings. The summed E-state index contributed by atoms with van der Waals surface area (Å²) in [6.07, 6.45) is 0. The van der Waals surface area contributed by atoms with Gasteiger partial charge >= 0.3 is 0 Å². The number of carbonyl (C=O) groups is 2. The summed E-state index contributed by atoms with van der Waals surface area (Å²) in [4.78, 5) is 32.2. The Balaban J connectivity index is 1.47. The van der Waals surface area contributed by atoms with Crippen molar-refractivity contribution in [3.8, 4) is 5.75 Å². The molecule has 0 aromatic heterocycles. The Morgan fingerprint density at radius 2 is 1.46 bits per heavy atom. The fraction of sp³-hybridized carbons (Fsp3) is 0.310. The molecule has 2 aliphatic rings. The minimum atomic E-state index is -1.37. The maximum atomic E-state index is 14.4. The number of fused-ring (bicyclic) bond motifs is 1. The topological polar surface area (TPSA) is 49.9 Å². The van der Waals surface area contributed by atoms with Gasteiger partial charge in [-0.15, -0.1) is 0 Å². The molecule has 5 nitrogen and oxygen atoms in total. The highest BCUT2D eigenvalue weighted by Crippen LogP contribution is 2.43. The highest BCUT2D eigenvalue weighted by atomic mass is 19.1. The van der Waals surface area contributed by atoms with Crippen LogP contribution in [0.15, 0.2) is 60.7 Å². The molecule has 0 saturated carbocycles. The molecule has 6 heteroatoms. The van der Waals surface area contributed by atoms with Crippen LogP contribution in [0.25, 0.3) is 0 Å². The van der Waals surface area contributed by atoms with Crippen LogP contribution in [0.3, 0.4) is 0 Å². The summed E-state index contributed by atoms with van der Waals surface area (Å²) >= 11 is 0. The molecule has 0 radical (unpaired) electrons. The Bertz CT molecular complexity index is 1260. The van der Waals surface area contributed by atoms with E-state index in [2.05, 4.69) is 11.0 Å². The van der Waals surface area contributed by atoms with Gasteiger partial charge in [0, 0.05) is 49.4 Å². The van der Waals surface area contributed by atoms with Crippen LogP contribution >= 0.6 is 0 Å². The lowest BCUT2D eigenvalue weighted by atomic mass is 9.81. The van der Waals surface area contributed by atoms with E-state index in [0.29, 0.717) is 55.2 Å².